The van der Waals surface area contributed by atoms with Crippen LogP contribution in [0.3, 0.4) is 0 Å². The lowest BCUT2D eigenvalue weighted by atomic mass is 9.97. The lowest BCUT2D eigenvalue weighted by Gasteiger charge is -2.30. The van der Waals surface area contributed by atoms with E-state index in [1.54, 1.807) is 4.90 Å². The molecule has 0 N–H and O–H groups in total. The molecule has 1 aromatic rings. The molecule has 0 aromatic heterocycles. The van der Waals surface area contributed by atoms with Gasteiger partial charge in [0, 0.05) is 13.1 Å². The van der Waals surface area contributed by atoms with Gasteiger partial charge in [-0.05, 0) is 24.8 Å². The number of amides is 1. The molecule has 1 aromatic carbocycles. The van der Waals surface area contributed by atoms with Crippen LogP contribution in [-0.2, 0) is 20.9 Å². The summed E-state index contributed by atoms with van der Waals surface area (Å²) in [6, 6.07) is 9.62. The van der Waals surface area contributed by atoms with Crippen molar-refractivity contribution in [1.29, 1.82) is 0 Å². The van der Waals surface area contributed by atoms with Crippen LogP contribution in [0.5, 0.6) is 0 Å². The van der Waals surface area contributed by atoms with Gasteiger partial charge < -0.3 is 14.4 Å². The molecule has 2 rings (SSSR count). The summed E-state index contributed by atoms with van der Waals surface area (Å²) in [5.41, 5.74) is 0.970. The van der Waals surface area contributed by atoms with Crippen molar-refractivity contribution in [2.24, 2.45) is 5.92 Å². The predicted molar refractivity (Wildman–Crippen MR) is 96.0 cm³/mol. The van der Waals surface area contributed by atoms with E-state index in [9.17, 15) is 9.59 Å². The Kier molecular flexibility index (Phi) is 8.29. The molecule has 1 amide bonds. The molecule has 1 aliphatic rings. The zero-order valence-electron chi connectivity index (χ0n) is 15.1. The Labute approximate surface area is 150 Å². The van der Waals surface area contributed by atoms with Gasteiger partial charge in [-0.2, -0.15) is 0 Å². The van der Waals surface area contributed by atoms with Gasteiger partial charge in [-0.15, -0.1) is 0 Å². The minimum Gasteiger partial charge on any atom is -0.465 e. The van der Waals surface area contributed by atoms with Crippen LogP contribution < -0.4 is 0 Å². The van der Waals surface area contributed by atoms with Crippen LogP contribution in [0.2, 0.25) is 0 Å². The average molecular weight is 347 g/mol. The van der Waals surface area contributed by atoms with Gasteiger partial charge in [0.05, 0.1) is 12.5 Å². The second-order valence-corrected chi connectivity index (χ2v) is 6.53. The zero-order chi connectivity index (χ0) is 17.9. The van der Waals surface area contributed by atoms with Gasteiger partial charge in [-0.3, -0.25) is 4.79 Å². The molecule has 0 unspecified atom stereocenters. The third-order valence-electron chi connectivity index (χ3n) is 4.53. The maximum absolute atomic E-state index is 12.1. The highest BCUT2D eigenvalue weighted by Gasteiger charge is 2.28. The van der Waals surface area contributed by atoms with Crippen LogP contribution in [0.4, 0.5) is 4.79 Å². The Morgan fingerprint density at radius 3 is 2.44 bits per heavy atom. The van der Waals surface area contributed by atoms with E-state index in [-0.39, 0.29) is 24.6 Å². The highest BCUT2D eigenvalue weighted by atomic mass is 16.6. The molecule has 0 atom stereocenters. The molecule has 0 saturated carbocycles. The number of rotatable bonds is 8. The molecule has 1 saturated heterocycles. The normalized spacial score (nSPS) is 15.0. The van der Waals surface area contributed by atoms with E-state index in [0.717, 1.165) is 18.4 Å². The van der Waals surface area contributed by atoms with E-state index in [2.05, 4.69) is 6.92 Å². The molecule has 5 heteroatoms. The summed E-state index contributed by atoms with van der Waals surface area (Å²) in [6.07, 6.45) is 5.38. The molecule has 1 aliphatic heterocycles. The third kappa shape index (κ3) is 6.77. The standard InChI is InChI=1S/C20H29NO4/c1-2-3-4-8-15-24-19(22)18-11-13-21(14-12-18)20(23)25-16-17-9-6-5-7-10-17/h5-7,9-10,18H,2-4,8,11-16H2,1H3. The van der Waals surface area contributed by atoms with E-state index in [1.165, 1.54) is 12.8 Å². The molecule has 0 aliphatic carbocycles. The Morgan fingerprint density at radius 2 is 1.76 bits per heavy atom. The fourth-order valence-corrected chi connectivity index (χ4v) is 2.93. The lowest BCUT2D eigenvalue weighted by molar-refractivity contribution is -0.150. The number of nitrogens with zero attached hydrogens (tertiary/aromatic N) is 1. The quantitative estimate of drug-likeness (QED) is 0.523. The summed E-state index contributed by atoms with van der Waals surface area (Å²) in [5.74, 6) is -0.210. The van der Waals surface area contributed by atoms with Crippen molar-refractivity contribution < 1.29 is 19.1 Å². The summed E-state index contributed by atoms with van der Waals surface area (Å²) in [5, 5.41) is 0. The zero-order valence-corrected chi connectivity index (χ0v) is 15.1. The predicted octanol–water partition coefficient (Wildman–Crippen LogP) is 4.16. The molecule has 138 valence electrons. The largest absolute Gasteiger partial charge is 0.465 e. The number of ether oxygens (including phenoxy) is 2. The Balaban J connectivity index is 1.63. The number of carbonyl (C=O) groups excluding carboxylic acids is 2. The first kappa shape index (κ1) is 19.3. The molecular formula is C20H29NO4. The molecule has 0 radical (unpaired) electrons. The molecule has 25 heavy (non-hydrogen) atoms. The van der Waals surface area contributed by atoms with Crippen LogP contribution in [0.25, 0.3) is 0 Å². The minimum absolute atomic E-state index is 0.0932. The van der Waals surface area contributed by atoms with Crippen molar-refractivity contribution in [1.82, 2.24) is 4.90 Å². The van der Waals surface area contributed by atoms with Gasteiger partial charge in [-0.25, -0.2) is 4.79 Å². The number of benzene rings is 1. The van der Waals surface area contributed by atoms with Gasteiger partial charge in [0.25, 0.3) is 0 Å². The van der Waals surface area contributed by atoms with Crippen LogP contribution in [-0.4, -0.2) is 36.7 Å². The monoisotopic (exact) mass is 347 g/mol. The van der Waals surface area contributed by atoms with Crippen molar-refractivity contribution >= 4 is 12.1 Å². The summed E-state index contributed by atoms with van der Waals surface area (Å²) >= 11 is 0. The summed E-state index contributed by atoms with van der Waals surface area (Å²) in [6.45, 7) is 4.04. The van der Waals surface area contributed by atoms with E-state index in [4.69, 9.17) is 9.47 Å². The van der Waals surface area contributed by atoms with Crippen molar-refractivity contribution in [3.05, 3.63) is 35.9 Å². The van der Waals surface area contributed by atoms with Crippen LogP contribution in [0, 0.1) is 5.92 Å². The summed E-state index contributed by atoms with van der Waals surface area (Å²) < 4.78 is 10.7. The lowest BCUT2D eigenvalue weighted by Crippen LogP contribution is -2.40. The van der Waals surface area contributed by atoms with Gasteiger partial charge in [-0.1, -0.05) is 56.5 Å². The fraction of sp³-hybridized carbons (Fsp3) is 0.600. The fourth-order valence-electron chi connectivity index (χ4n) is 2.93. The van der Waals surface area contributed by atoms with Crippen molar-refractivity contribution in [2.45, 2.75) is 52.1 Å². The molecule has 5 nitrogen and oxygen atoms in total. The minimum atomic E-state index is -0.310. The van der Waals surface area contributed by atoms with Gasteiger partial charge in [0.2, 0.25) is 0 Å². The first-order chi connectivity index (χ1) is 12.2. The Morgan fingerprint density at radius 1 is 1.04 bits per heavy atom. The number of hydrogen-bond acceptors (Lipinski definition) is 4. The van der Waals surface area contributed by atoms with Gasteiger partial charge >= 0.3 is 12.1 Å². The molecular weight excluding hydrogens is 318 g/mol. The van der Waals surface area contributed by atoms with Crippen molar-refractivity contribution in [3.8, 4) is 0 Å². The third-order valence-corrected chi connectivity index (χ3v) is 4.53. The Bertz CT molecular complexity index is 524. The maximum Gasteiger partial charge on any atom is 0.410 e. The highest BCUT2D eigenvalue weighted by Crippen LogP contribution is 2.20. The van der Waals surface area contributed by atoms with Gasteiger partial charge in [0.1, 0.15) is 6.61 Å². The van der Waals surface area contributed by atoms with Gasteiger partial charge in [0.15, 0.2) is 0 Å². The number of likely N-dealkylation sites (tertiary alicyclic amines) is 1. The van der Waals surface area contributed by atoms with E-state index >= 15 is 0 Å². The van der Waals surface area contributed by atoms with E-state index in [0.29, 0.717) is 32.5 Å². The number of carbonyl (C=O) groups is 2. The van der Waals surface area contributed by atoms with E-state index < -0.39 is 0 Å². The number of unbranched alkanes of at least 4 members (excludes halogenated alkanes) is 3. The Hall–Kier alpha value is -2.04. The molecule has 0 bridgehead atoms. The van der Waals surface area contributed by atoms with Crippen molar-refractivity contribution in [2.75, 3.05) is 19.7 Å². The van der Waals surface area contributed by atoms with Crippen LogP contribution in [0.1, 0.15) is 51.0 Å². The maximum atomic E-state index is 12.1. The number of hydrogen-bond donors (Lipinski definition) is 0. The SMILES string of the molecule is CCCCCCOC(=O)C1CCN(C(=O)OCc2ccccc2)CC1. The summed E-state index contributed by atoms with van der Waals surface area (Å²) in [7, 11) is 0. The van der Waals surface area contributed by atoms with Crippen molar-refractivity contribution in [3.63, 3.8) is 0 Å². The topological polar surface area (TPSA) is 55.8 Å². The highest BCUT2D eigenvalue weighted by molar-refractivity contribution is 5.73. The number of esters is 1. The van der Waals surface area contributed by atoms with Crippen LogP contribution in [0.15, 0.2) is 30.3 Å². The summed E-state index contributed by atoms with van der Waals surface area (Å²) in [4.78, 5) is 25.8. The van der Waals surface area contributed by atoms with E-state index in [1.807, 2.05) is 30.3 Å². The molecule has 1 heterocycles. The number of piperidine rings is 1. The average Bonchev–Trinajstić information content (AvgIpc) is 2.66. The first-order valence-electron chi connectivity index (χ1n) is 9.33. The first-order valence-corrected chi connectivity index (χ1v) is 9.33. The smallest absolute Gasteiger partial charge is 0.410 e. The second kappa shape index (κ2) is 10.7. The second-order valence-electron chi connectivity index (χ2n) is 6.53. The van der Waals surface area contributed by atoms with Crippen LogP contribution >= 0.6 is 0 Å². The molecule has 0 spiro atoms. The molecule has 1 fully saturated rings.